The molecule has 3 heterocycles. The topological polar surface area (TPSA) is 53.2 Å². The van der Waals surface area contributed by atoms with Crippen LogP contribution in [-0.2, 0) is 23.0 Å². The third-order valence-electron chi connectivity index (χ3n) is 4.06. The zero-order valence-corrected chi connectivity index (χ0v) is 15.8. The zero-order chi connectivity index (χ0) is 16.2. The van der Waals surface area contributed by atoms with E-state index < -0.39 is 10.0 Å². The van der Waals surface area contributed by atoms with E-state index in [9.17, 15) is 8.42 Å². The molecule has 0 spiro atoms. The van der Waals surface area contributed by atoms with Crippen LogP contribution in [0.25, 0.3) is 10.9 Å². The maximum Gasteiger partial charge on any atom is 0.253 e. The highest BCUT2D eigenvalue weighted by Gasteiger charge is 2.31. The largest absolute Gasteiger partial charge is 0.357 e. The Morgan fingerprint density at radius 1 is 1.30 bits per heavy atom. The summed E-state index contributed by atoms with van der Waals surface area (Å²) in [6.45, 7) is 0.837. The first-order chi connectivity index (χ1) is 11.0. The van der Waals surface area contributed by atoms with Crippen molar-refractivity contribution in [2.45, 2.75) is 17.2 Å². The lowest BCUT2D eigenvalue weighted by atomic mass is 10.1. The second-order valence-electron chi connectivity index (χ2n) is 5.40. The van der Waals surface area contributed by atoms with Gasteiger partial charge in [-0.2, -0.15) is 4.31 Å². The van der Waals surface area contributed by atoms with E-state index >= 15 is 0 Å². The molecule has 2 aromatic heterocycles. The predicted molar refractivity (Wildman–Crippen MR) is 96.6 cm³/mol. The van der Waals surface area contributed by atoms with E-state index in [-0.39, 0.29) is 4.21 Å². The second kappa shape index (κ2) is 5.60. The third kappa shape index (κ3) is 2.55. The molecule has 1 aliphatic heterocycles. The number of nitrogens with one attached hydrogen (secondary N) is 1. The molecule has 8 heteroatoms. The molecule has 0 radical (unpaired) electrons. The molecule has 0 unspecified atom stereocenters. The summed E-state index contributed by atoms with van der Waals surface area (Å²) in [5, 5.41) is 1.18. The fourth-order valence-corrected chi connectivity index (χ4v) is 6.82. The smallest absolute Gasteiger partial charge is 0.253 e. The summed E-state index contributed by atoms with van der Waals surface area (Å²) < 4.78 is 28.5. The number of sulfonamides is 1. The van der Waals surface area contributed by atoms with E-state index in [0.29, 0.717) is 28.3 Å². The Bertz CT molecular complexity index is 990. The van der Waals surface area contributed by atoms with Crippen molar-refractivity contribution in [2.75, 3.05) is 6.54 Å². The number of hydrogen-bond acceptors (Lipinski definition) is 3. The molecule has 1 N–H and O–H groups in total. The van der Waals surface area contributed by atoms with E-state index in [1.165, 1.54) is 15.3 Å². The average Bonchev–Trinajstić information content (AvgIpc) is 3.07. The minimum Gasteiger partial charge on any atom is -0.357 e. The maximum atomic E-state index is 12.8. The minimum absolute atomic E-state index is 0.272. The number of halogens is 2. The van der Waals surface area contributed by atoms with Crippen LogP contribution in [0.4, 0.5) is 0 Å². The highest BCUT2D eigenvalue weighted by Crippen LogP contribution is 2.37. The van der Waals surface area contributed by atoms with Crippen LogP contribution in [0.1, 0.15) is 11.3 Å². The summed E-state index contributed by atoms with van der Waals surface area (Å²) >= 11 is 10.3. The van der Waals surface area contributed by atoms with Gasteiger partial charge in [0.2, 0.25) is 0 Å². The van der Waals surface area contributed by atoms with Gasteiger partial charge in [0.15, 0.2) is 0 Å². The lowest BCUT2D eigenvalue weighted by Crippen LogP contribution is -2.35. The summed E-state index contributed by atoms with van der Waals surface area (Å²) in [6, 6.07) is 9.64. The summed E-state index contributed by atoms with van der Waals surface area (Å²) in [7, 11) is -3.53. The molecule has 3 aromatic rings. The van der Waals surface area contributed by atoms with Gasteiger partial charge in [-0.15, -0.1) is 11.3 Å². The fourth-order valence-electron chi connectivity index (χ4n) is 2.95. The number of hydrogen-bond donors (Lipinski definition) is 1. The molecule has 1 aliphatic rings. The van der Waals surface area contributed by atoms with Gasteiger partial charge in [-0.3, -0.25) is 0 Å². The van der Waals surface area contributed by atoms with Gasteiger partial charge >= 0.3 is 0 Å². The first-order valence-corrected chi connectivity index (χ1v) is 10.4. The molecule has 0 saturated heterocycles. The van der Waals surface area contributed by atoms with E-state index in [1.54, 1.807) is 6.07 Å². The highest BCUT2D eigenvalue weighted by molar-refractivity contribution is 9.10. The fraction of sp³-hybridized carbons (Fsp3) is 0.200. The molecule has 0 saturated carbocycles. The monoisotopic (exact) mass is 430 g/mol. The van der Waals surface area contributed by atoms with Crippen molar-refractivity contribution in [3.63, 3.8) is 0 Å². The van der Waals surface area contributed by atoms with E-state index in [1.807, 2.05) is 18.2 Å². The quantitative estimate of drug-likeness (QED) is 0.654. The van der Waals surface area contributed by atoms with Gasteiger partial charge in [-0.25, -0.2) is 8.42 Å². The van der Waals surface area contributed by atoms with Crippen LogP contribution in [0.15, 0.2) is 39.0 Å². The van der Waals surface area contributed by atoms with Crippen molar-refractivity contribution in [3.05, 3.63) is 50.4 Å². The number of benzene rings is 1. The molecular weight excluding hydrogens is 420 g/mol. The van der Waals surface area contributed by atoms with Gasteiger partial charge in [0.1, 0.15) is 8.55 Å². The second-order valence-corrected chi connectivity index (χ2v) is 10.1. The highest BCUT2D eigenvalue weighted by atomic mass is 79.9. The molecule has 4 nitrogen and oxygen atoms in total. The Labute approximate surface area is 151 Å². The Hall–Kier alpha value is -0.860. The SMILES string of the molecule is O=S(=O)(c1cc(Br)c(Cl)s1)N1CCc2c([nH]c3ccccc23)C1. The van der Waals surface area contributed by atoms with Gasteiger partial charge in [-0.1, -0.05) is 29.8 Å². The number of rotatable bonds is 2. The van der Waals surface area contributed by atoms with E-state index in [0.717, 1.165) is 22.5 Å². The molecule has 4 rings (SSSR count). The minimum atomic E-state index is -3.53. The lowest BCUT2D eigenvalue weighted by Gasteiger charge is -2.25. The molecule has 120 valence electrons. The van der Waals surface area contributed by atoms with E-state index in [4.69, 9.17) is 11.6 Å². The predicted octanol–water partition coefficient (Wildman–Crippen LogP) is 4.39. The summed E-state index contributed by atoms with van der Waals surface area (Å²) in [5.74, 6) is 0. The van der Waals surface area contributed by atoms with Crippen LogP contribution >= 0.6 is 38.9 Å². The molecule has 0 fully saturated rings. The molecule has 0 aliphatic carbocycles. The Morgan fingerprint density at radius 2 is 2.09 bits per heavy atom. The Morgan fingerprint density at radius 3 is 2.83 bits per heavy atom. The summed E-state index contributed by atoms with van der Waals surface area (Å²) in [5.41, 5.74) is 3.25. The van der Waals surface area contributed by atoms with Gasteiger partial charge < -0.3 is 4.98 Å². The first-order valence-electron chi connectivity index (χ1n) is 7.00. The molecule has 1 aromatic carbocycles. The number of H-pyrrole nitrogens is 1. The Balaban J connectivity index is 1.72. The van der Waals surface area contributed by atoms with Crippen LogP contribution < -0.4 is 0 Å². The van der Waals surface area contributed by atoms with Crippen LogP contribution in [0.3, 0.4) is 0 Å². The first kappa shape index (κ1) is 15.7. The van der Waals surface area contributed by atoms with Crippen LogP contribution in [0, 0.1) is 0 Å². The van der Waals surface area contributed by atoms with Crippen molar-refractivity contribution < 1.29 is 8.42 Å². The molecule has 0 atom stereocenters. The van der Waals surface area contributed by atoms with Crippen molar-refractivity contribution >= 4 is 59.8 Å². The van der Waals surface area contributed by atoms with Gasteiger partial charge in [0.05, 0.1) is 6.54 Å². The van der Waals surface area contributed by atoms with Crippen molar-refractivity contribution in [1.29, 1.82) is 0 Å². The van der Waals surface area contributed by atoms with Crippen molar-refractivity contribution in [1.82, 2.24) is 9.29 Å². The van der Waals surface area contributed by atoms with Crippen LogP contribution in [0.2, 0.25) is 4.34 Å². The third-order valence-corrected chi connectivity index (χ3v) is 8.83. The molecule has 0 amide bonds. The normalized spacial score (nSPS) is 15.9. The van der Waals surface area contributed by atoms with Crippen LogP contribution in [-0.4, -0.2) is 24.3 Å². The summed E-state index contributed by atoms with van der Waals surface area (Å²) in [6.07, 6.45) is 0.707. The van der Waals surface area contributed by atoms with Crippen molar-refractivity contribution in [3.8, 4) is 0 Å². The van der Waals surface area contributed by atoms with Gasteiger partial charge in [0.25, 0.3) is 10.0 Å². The lowest BCUT2D eigenvalue weighted by molar-refractivity contribution is 0.389. The molecule has 0 bridgehead atoms. The molecular formula is C15H12BrClN2O2S2. The maximum absolute atomic E-state index is 12.8. The standard InChI is InChI=1S/C15H12BrClN2O2S2/c16-11-7-14(22-15(11)17)23(20,21)19-6-5-10-9-3-1-2-4-12(9)18-13(10)8-19/h1-4,7,18H,5-6,8H2. The number of aromatic nitrogens is 1. The average molecular weight is 432 g/mol. The number of fused-ring (bicyclic) bond motifs is 3. The number of aromatic amines is 1. The van der Waals surface area contributed by atoms with Gasteiger partial charge in [0, 0.05) is 27.6 Å². The number of para-hydroxylation sites is 1. The number of nitrogens with zero attached hydrogens (tertiary/aromatic N) is 1. The Kier molecular flexibility index (Phi) is 3.81. The number of thiophene rings is 1. The van der Waals surface area contributed by atoms with Gasteiger partial charge in [-0.05, 0) is 40.0 Å². The molecule has 23 heavy (non-hydrogen) atoms. The van der Waals surface area contributed by atoms with Crippen molar-refractivity contribution in [2.24, 2.45) is 0 Å². The zero-order valence-electron chi connectivity index (χ0n) is 11.8. The van der Waals surface area contributed by atoms with Crippen LogP contribution in [0.5, 0.6) is 0 Å². The summed E-state index contributed by atoms with van der Waals surface area (Å²) in [4.78, 5) is 3.35. The van der Waals surface area contributed by atoms with E-state index in [2.05, 4.69) is 27.0 Å².